The number of carboxylic acids is 1. The molecule has 0 aliphatic carbocycles. The van der Waals surface area contributed by atoms with Crippen LogP contribution in [0.3, 0.4) is 0 Å². The molecular weight excluding hydrogens is 520 g/mol. The maximum absolute atomic E-state index is 15.3. The average Bonchev–Trinajstić information content (AvgIpc) is 2.94. The number of carboxylic acid groups (broad SMARTS) is 1. The molecular formula is C29H29FN3O3PS. The summed E-state index contributed by atoms with van der Waals surface area (Å²) in [7, 11) is 0. The van der Waals surface area contributed by atoms with E-state index in [1.807, 2.05) is 48.2 Å². The van der Waals surface area contributed by atoms with Crippen LogP contribution >= 0.6 is 6.04 Å². The number of hydrogen-bond donors (Lipinski definition) is 1. The largest absolute Gasteiger partial charge is 0.477 e. The molecule has 38 heavy (non-hydrogen) atoms. The third-order valence-electron chi connectivity index (χ3n) is 7.18. The molecule has 0 spiro atoms. The van der Waals surface area contributed by atoms with Crippen LogP contribution in [-0.4, -0.2) is 53.0 Å². The number of benzene rings is 3. The Balaban J connectivity index is 1.40. The lowest BCUT2D eigenvalue weighted by Crippen LogP contribution is -2.47. The van der Waals surface area contributed by atoms with E-state index in [-0.39, 0.29) is 10.9 Å². The van der Waals surface area contributed by atoms with Gasteiger partial charge in [-0.3, -0.25) is 9.69 Å². The molecule has 1 saturated heterocycles. The van der Waals surface area contributed by atoms with Crippen molar-refractivity contribution in [2.45, 2.75) is 13.5 Å². The first-order chi connectivity index (χ1) is 18.3. The van der Waals surface area contributed by atoms with Crippen LogP contribution < -0.4 is 20.9 Å². The van der Waals surface area contributed by atoms with Crippen LogP contribution in [0.4, 0.5) is 10.1 Å². The molecule has 5 rings (SSSR count). The normalized spacial score (nSPS) is 14.6. The number of pyridine rings is 1. The van der Waals surface area contributed by atoms with Crippen molar-refractivity contribution in [2.24, 2.45) is 0 Å². The van der Waals surface area contributed by atoms with Gasteiger partial charge in [0.2, 0.25) is 5.43 Å². The molecule has 1 N–H and O–H groups in total. The molecule has 0 radical (unpaired) electrons. The van der Waals surface area contributed by atoms with E-state index in [0.717, 1.165) is 19.4 Å². The second-order valence-corrected chi connectivity index (χ2v) is 14.1. The number of aromatic nitrogens is 1. The monoisotopic (exact) mass is 549 g/mol. The van der Waals surface area contributed by atoms with Gasteiger partial charge in [-0.05, 0) is 29.7 Å². The number of nitrogens with zero attached hydrogens (tertiary/aromatic N) is 3. The maximum Gasteiger partial charge on any atom is 0.341 e. The molecule has 2 heterocycles. The molecule has 6 nitrogen and oxygen atoms in total. The first-order valence-electron chi connectivity index (χ1n) is 12.6. The van der Waals surface area contributed by atoms with Crippen LogP contribution in [0.5, 0.6) is 0 Å². The maximum atomic E-state index is 15.3. The lowest BCUT2D eigenvalue weighted by Gasteiger charge is -2.39. The van der Waals surface area contributed by atoms with Crippen molar-refractivity contribution >= 4 is 51.0 Å². The highest BCUT2D eigenvalue weighted by molar-refractivity contribution is 8.21. The minimum absolute atomic E-state index is 0.0815. The SMILES string of the molecule is CCn1cc(C(=O)O)c(=O)c2cc(F)c(N3CCN(CP(=S)(c4ccccc4)c4ccccc4)CC3)cc21. The number of aryl methyl sites for hydroxylation is 1. The highest BCUT2D eigenvalue weighted by atomic mass is 32.4. The zero-order chi connectivity index (χ0) is 26.9. The van der Waals surface area contributed by atoms with Crippen LogP contribution in [0.15, 0.2) is 83.8 Å². The standard InChI is InChI=1S/C29H29FN3O3PS/c1-2-32-19-24(29(35)36)28(34)23-17-25(30)27(18-26(23)32)33-15-13-31(14-16-33)20-37(38,21-9-5-3-6-10-21)22-11-7-4-8-12-22/h3-12,17-19H,2,13-16,20H2,1H3,(H,35,36). The van der Waals surface area contributed by atoms with Gasteiger partial charge in [-0.15, -0.1) is 0 Å². The van der Waals surface area contributed by atoms with Gasteiger partial charge < -0.3 is 14.6 Å². The second kappa shape index (κ2) is 10.8. The van der Waals surface area contributed by atoms with Gasteiger partial charge in [0.1, 0.15) is 11.4 Å². The summed E-state index contributed by atoms with van der Waals surface area (Å²) in [6.45, 7) is 5.01. The lowest BCUT2D eigenvalue weighted by molar-refractivity contribution is 0.0695. The molecule has 1 fully saturated rings. The van der Waals surface area contributed by atoms with Crippen LogP contribution in [0.25, 0.3) is 10.9 Å². The number of aromatic carboxylic acids is 1. The van der Waals surface area contributed by atoms with Crippen LogP contribution in [-0.2, 0) is 18.4 Å². The molecule has 196 valence electrons. The highest BCUT2D eigenvalue weighted by Crippen LogP contribution is 2.44. The quantitative estimate of drug-likeness (QED) is 0.351. The Morgan fingerprint density at radius 1 is 0.974 bits per heavy atom. The minimum atomic E-state index is -2.07. The Hall–Kier alpha value is -3.32. The summed E-state index contributed by atoms with van der Waals surface area (Å²) in [6, 6.07) is 21.4. The van der Waals surface area contributed by atoms with E-state index in [2.05, 4.69) is 29.2 Å². The molecule has 0 atom stereocenters. The number of piperazine rings is 1. The number of anilines is 1. The van der Waals surface area contributed by atoms with Crippen LogP contribution in [0.2, 0.25) is 0 Å². The zero-order valence-electron chi connectivity index (χ0n) is 21.1. The Kier molecular flexibility index (Phi) is 7.48. The van der Waals surface area contributed by atoms with Gasteiger partial charge in [0.15, 0.2) is 0 Å². The summed E-state index contributed by atoms with van der Waals surface area (Å²) in [5.74, 6) is -1.83. The first kappa shape index (κ1) is 26.3. The van der Waals surface area contributed by atoms with Gasteiger partial charge in [0.25, 0.3) is 0 Å². The predicted octanol–water partition coefficient (Wildman–Crippen LogP) is 4.07. The van der Waals surface area contributed by atoms with E-state index in [0.29, 0.717) is 30.8 Å². The molecule has 1 aliphatic rings. The summed E-state index contributed by atoms with van der Waals surface area (Å²) in [6.07, 6.45) is 2.10. The fraction of sp³-hybridized carbons (Fsp3) is 0.241. The highest BCUT2D eigenvalue weighted by Gasteiger charge is 2.28. The first-order valence-corrected chi connectivity index (χ1v) is 15.6. The van der Waals surface area contributed by atoms with Crippen molar-refractivity contribution in [3.63, 3.8) is 0 Å². The molecule has 0 amide bonds. The number of fused-ring (bicyclic) bond motifs is 1. The number of carbonyl (C=O) groups is 1. The average molecular weight is 550 g/mol. The number of rotatable bonds is 7. The molecule has 0 bridgehead atoms. The van der Waals surface area contributed by atoms with Crippen LogP contribution in [0, 0.1) is 5.82 Å². The van der Waals surface area contributed by atoms with E-state index >= 15 is 4.39 Å². The summed E-state index contributed by atoms with van der Waals surface area (Å²) in [5.41, 5.74) is -0.0647. The third kappa shape index (κ3) is 4.92. The molecule has 1 aliphatic heterocycles. The van der Waals surface area contributed by atoms with Crippen molar-refractivity contribution in [2.75, 3.05) is 37.4 Å². The summed E-state index contributed by atoms with van der Waals surface area (Å²) < 4.78 is 17.0. The number of hydrogen-bond acceptors (Lipinski definition) is 5. The van der Waals surface area contributed by atoms with Crippen molar-refractivity contribution in [1.82, 2.24) is 9.47 Å². The molecule has 1 aromatic heterocycles. The number of halogens is 1. The smallest absolute Gasteiger partial charge is 0.341 e. The van der Waals surface area contributed by atoms with Crippen molar-refractivity contribution in [3.05, 3.63) is 101 Å². The fourth-order valence-electron chi connectivity index (χ4n) is 5.12. The Labute approximate surface area is 225 Å². The minimum Gasteiger partial charge on any atom is -0.477 e. The summed E-state index contributed by atoms with van der Waals surface area (Å²) >= 11 is 6.40. The van der Waals surface area contributed by atoms with Gasteiger partial charge in [-0.25, -0.2) is 9.18 Å². The topological polar surface area (TPSA) is 65.8 Å². The van der Waals surface area contributed by atoms with Gasteiger partial charge >= 0.3 is 5.97 Å². The molecule has 3 aromatic carbocycles. The van der Waals surface area contributed by atoms with E-state index in [9.17, 15) is 14.7 Å². The van der Waals surface area contributed by atoms with Gasteiger partial charge in [-0.1, -0.05) is 72.5 Å². The van der Waals surface area contributed by atoms with Crippen molar-refractivity contribution < 1.29 is 14.3 Å². The molecule has 4 aromatic rings. The lowest BCUT2D eigenvalue weighted by atomic mass is 10.1. The van der Waals surface area contributed by atoms with E-state index in [1.54, 1.807) is 10.6 Å². The van der Waals surface area contributed by atoms with E-state index in [4.69, 9.17) is 11.8 Å². The fourth-order valence-corrected chi connectivity index (χ4v) is 9.12. The van der Waals surface area contributed by atoms with Gasteiger partial charge in [0.05, 0.1) is 11.2 Å². The Bertz CT molecular complexity index is 1540. The molecule has 0 unspecified atom stereocenters. The van der Waals surface area contributed by atoms with Crippen molar-refractivity contribution in [3.8, 4) is 0 Å². The summed E-state index contributed by atoms with van der Waals surface area (Å²) in [5, 5.41) is 11.8. The predicted molar refractivity (Wildman–Crippen MR) is 156 cm³/mol. The zero-order valence-corrected chi connectivity index (χ0v) is 22.8. The molecule has 9 heteroatoms. The van der Waals surface area contributed by atoms with E-state index < -0.39 is 23.3 Å². The van der Waals surface area contributed by atoms with Crippen LogP contribution in [0.1, 0.15) is 17.3 Å². The Morgan fingerprint density at radius 3 is 2.08 bits per heavy atom. The second-order valence-electron chi connectivity index (χ2n) is 9.44. The van der Waals surface area contributed by atoms with Gasteiger partial charge in [-0.2, -0.15) is 0 Å². The Morgan fingerprint density at radius 2 is 1.55 bits per heavy atom. The summed E-state index contributed by atoms with van der Waals surface area (Å²) in [4.78, 5) is 28.6. The van der Waals surface area contributed by atoms with Crippen molar-refractivity contribution in [1.29, 1.82) is 0 Å². The third-order valence-corrected chi connectivity index (χ3v) is 11.9. The van der Waals surface area contributed by atoms with Gasteiger partial charge in [0, 0.05) is 56.6 Å². The van der Waals surface area contributed by atoms with E-state index in [1.165, 1.54) is 22.9 Å². The molecule has 0 saturated carbocycles.